The molecule has 1 aliphatic heterocycles. The van der Waals surface area contributed by atoms with Crippen molar-refractivity contribution in [1.82, 2.24) is 15.5 Å². The topological polar surface area (TPSA) is 58.1 Å². The first-order valence-electron chi connectivity index (χ1n) is 11.5. The zero-order chi connectivity index (χ0) is 21.8. The molecular formula is C24H42N4O2. The minimum atomic E-state index is 0.144. The van der Waals surface area contributed by atoms with E-state index < -0.39 is 0 Å². The second kappa shape index (κ2) is 13.6. The zero-order valence-corrected chi connectivity index (χ0v) is 19.6. The molecule has 0 radical (unpaired) electrons. The van der Waals surface area contributed by atoms with Crippen LogP contribution in [0.5, 0.6) is 0 Å². The summed E-state index contributed by atoms with van der Waals surface area (Å²) in [4.78, 5) is 7.00. The maximum atomic E-state index is 6.17. The van der Waals surface area contributed by atoms with Crippen molar-refractivity contribution in [2.75, 3.05) is 53.5 Å². The van der Waals surface area contributed by atoms with Crippen molar-refractivity contribution in [2.24, 2.45) is 10.9 Å². The van der Waals surface area contributed by atoms with Gasteiger partial charge in [-0.3, -0.25) is 4.99 Å². The molecule has 170 valence electrons. The van der Waals surface area contributed by atoms with Crippen LogP contribution in [-0.2, 0) is 9.47 Å². The lowest BCUT2D eigenvalue weighted by Gasteiger charge is -2.32. The van der Waals surface area contributed by atoms with Gasteiger partial charge in [0.25, 0.3) is 0 Å². The first-order chi connectivity index (χ1) is 14.5. The van der Waals surface area contributed by atoms with Gasteiger partial charge in [-0.1, -0.05) is 29.8 Å². The van der Waals surface area contributed by atoms with Crippen molar-refractivity contribution in [2.45, 2.75) is 52.2 Å². The molecule has 1 aliphatic rings. The molecule has 3 unspecified atom stereocenters. The number of ether oxygens (including phenoxy) is 2. The lowest BCUT2D eigenvalue weighted by atomic mass is 9.89. The molecule has 1 aromatic carbocycles. The van der Waals surface area contributed by atoms with Crippen molar-refractivity contribution >= 4 is 5.96 Å². The molecule has 1 fully saturated rings. The Labute approximate surface area is 183 Å². The molecule has 0 spiro atoms. The molecule has 0 bridgehead atoms. The monoisotopic (exact) mass is 418 g/mol. The third-order valence-corrected chi connectivity index (χ3v) is 5.48. The molecule has 0 amide bonds. The molecule has 3 atom stereocenters. The van der Waals surface area contributed by atoms with Crippen LogP contribution in [0.25, 0.3) is 0 Å². The predicted molar refractivity (Wildman–Crippen MR) is 125 cm³/mol. The molecule has 1 aromatic rings. The van der Waals surface area contributed by atoms with E-state index in [2.05, 4.69) is 67.7 Å². The normalized spacial score (nSPS) is 20.9. The van der Waals surface area contributed by atoms with E-state index in [1.54, 1.807) is 0 Å². The van der Waals surface area contributed by atoms with Crippen LogP contribution in [0.4, 0.5) is 0 Å². The van der Waals surface area contributed by atoms with Crippen LogP contribution in [0.2, 0.25) is 0 Å². The number of nitrogens with one attached hydrogen (secondary N) is 2. The Kier molecular flexibility index (Phi) is 11.2. The number of aryl methyl sites for hydroxylation is 1. The Hall–Kier alpha value is -1.63. The molecule has 0 aliphatic carbocycles. The first-order valence-corrected chi connectivity index (χ1v) is 11.5. The molecule has 6 nitrogen and oxygen atoms in total. The highest BCUT2D eigenvalue weighted by Gasteiger charge is 2.27. The van der Waals surface area contributed by atoms with Gasteiger partial charge in [-0.15, -0.1) is 0 Å². The quantitative estimate of drug-likeness (QED) is 0.426. The lowest BCUT2D eigenvalue weighted by Crippen LogP contribution is -2.42. The number of aliphatic imine (C=N–C) groups is 1. The Morgan fingerprint density at radius 1 is 1.23 bits per heavy atom. The first kappa shape index (κ1) is 24.6. The molecule has 30 heavy (non-hydrogen) atoms. The standard InChI is InChI=1S/C24H42N4O2/c1-6-25-24(27-18-22(29-7-2)14-15-28(4)5)26-17-21-9-8-16-30-23(21)20-12-10-19(3)11-13-20/h10-13,21-23H,6-9,14-18H2,1-5H3,(H2,25,26,27). The lowest BCUT2D eigenvalue weighted by molar-refractivity contribution is -0.0265. The highest BCUT2D eigenvalue weighted by Crippen LogP contribution is 2.33. The van der Waals surface area contributed by atoms with E-state index in [9.17, 15) is 0 Å². The molecule has 0 saturated carbocycles. The molecule has 0 aromatic heterocycles. The largest absolute Gasteiger partial charge is 0.377 e. The summed E-state index contributed by atoms with van der Waals surface area (Å²) in [6, 6.07) is 8.75. The van der Waals surface area contributed by atoms with E-state index in [-0.39, 0.29) is 12.2 Å². The van der Waals surface area contributed by atoms with Crippen molar-refractivity contribution in [3.8, 4) is 0 Å². The Bertz CT molecular complexity index is 618. The van der Waals surface area contributed by atoms with Crippen molar-refractivity contribution in [1.29, 1.82) is 0 Å². The second-order valence-electron chi connectivity index (χ2n) is 8.37. The SMILES string of the molecule is CCNC(=NCC(CCN(C)C)OCC)NCC1CCCOC1c1ccc(C)cc1. The summed E-state index contributed by atoms with van der Waals surface area (Å²) in [5, 5.41) is 6.94. The average molecular weight is 419 g/mol. The van der Waals surface area contributed by atoms with E-state index >= 15 is 0 Å². The smallest absolute Gasteiger partial charge is 0.191 e. The van der Waals surface area contributed by atoms with E-state index in [1.807, 2.05) is 6.92 Å². The highest BCUT2D eigenvalue weighted by atomic mass is 16.5. The van der Waals surface area contributed by atoms with Gasteiger partial charge in [0.15, 0.2) is 5.96 Å². The average Bonchev–Trinajstić information content (AvgIpc) is 2.74. The van der Waals surface area contributed by atoms with Crippen LogP contribution in [0.1, 0.15) is 50.3 Å². The highest BCUT2D eigenvalue weighted by molar-refractivity contribution is 5.79. The molecular weight excluding hydrogens is 376 g/mol. The maximum Gasteiger partial charge on any atom is 0.191 e. The van der Waals surface area contributed by atoms with Gasteiger partial charge in [0.2, 0.25) is 0 Å². The number of rotatable bonds is 11. The number of nitrogens with zero attached hydrogens (tertiary/aromatic N) is 2. The summed E-state index contributed by atoms with van der Waals surface area (Å²) >= 11 is 0. The minimum Gasteiger partial charge on any atom is -0.377 e. The summed E-state index contributed by atoms with van der Waals surface area (Å²) in [7, 11) is 4.18. The molecule has 1 saturated heterocycles. The third kappa shape index (κ3) is 8.62. The molecule has 2 rings (SSSR count). The fourth-order valence-corrected chi connectivity index (χ4v) is 3.80. The minimum absolute atomic E-state index is 0.144. The number of benzene rings is 1. The number of guanidine groups is 1. The van der Waals surface area contributed by atoms with Crippen LogP contribution in [0.3, 0.4) is 0 Å². The van der Waals surface area contributed by atoms with Crippen LogP contribution < -0.4 is 10.6 Å². The summed E-state index contributed by atoms with van der Waals surface area (Å²) in [6.45, 7) is 11.2. The van der Waals surface area contributed by atoms with Gasteiger partial charge in [-0.25, -0.2) is 0 Å². The molecule has 6 heteroatoms. The number of hydrogen-bond donors (Lipinski definition) is 2. The Morgan fingerprint density at radius 3 is 2.67 bits per heavy atom. The second-order valence-corrected chi connectivity index (χ2v) is 8.37. The van der Waals surface area contributed by atoms with Gasteiger partial charge in [-0.2, -0.15) is 0 Å². The summed E-state index contributed by atoms with van der Waals surface area (Å²) in [6.07, 6.45) is 3.54. The fraction of sp³-hybridized carbons (Fsp3) is 0.708. The summed E-state index contributed by atoms with van der Waals surface area (Å²) < 4.78 is 12.1. The molecule has 1 heterocycles. The van der Waals surface area contributed by atoms with Gasteiger partial charge < -0.3 is 25.0 Å². The predicted octanol–water partition coefficient (Wildman–Crippen LogP) is 3.37. The van der Waals surface area contributed by atoms with Crippen LogP contribution in [0.15, 0.2) is 29.3 Å². The van der Waals surface area contributed by atoms with Gasteiger partial charge in [0.1, 0.15) is 0 Å². The Morgan fingerprint density at radius 2 is 2.00 bits per heavy atom. The van der Waals surface area contributed by atoms with E-state index in [0.717, 1.165) is 58.1 Å². The van der Waals surface area contributed by atoms with Crippen LogP contribution >= 0.6 is 0 Å². The van der Waals surface area contributed by atoms with Gasteiger partial charge in [0, 0.05) is 38.8 Å². The van der Waals surface area contributed by atoms with E-state index in [4.69, 9.17) is 14.5 Å². The number of hydrogen-bond acceptors (Lipinski definition) is 4. The van der Waals surface area contributed by atoms with Gasteiger partial charge in [-0.05, 0) is 59.7 Å². The summed E-state index contributed by atoms with van der Waals surface area (Å²) in [5.41, 5.74) is 2.55. The van der Waals surface area contributed by atoms with E-state index in [1.165, 1.54) is 11.1 Å². The Balaban J connectivity index is 1.96. The van der Waals surface area contributed by atoms with Crippen molar-refractivity contribution in [3.05, 3.63) is 35.4 Å². The van der Waals surface area contributed by atoms with E-state index in [0.29, 0.717) is 12.5 Å². The van der Waals surface area contributed by atoms with Gasteiger partial charge >= 0.3 is 0 Å². The maximum absolute atomic E-state index is 6.17. The van der Waals surface area contributed by atoms with Crippen molar-refractivity contribution in [3.63, 3.8) is 0 Å². The van der Waals surface area contributed by atoms with Gasteiger partial charge in [0.05, 0.1) is 18.8 Å². The molecule has 2 N–H and O–H groups in total. The van der Waals surface area contributed by atoms with Crippen LogP contribution in [-0.4, -0.2) is 70.5 Å². The fourth-order valence-electron chi connectivity index (χ4n) is 3.80. The van der Waals surface area contributed by atoms with Crippen molar-refractivity contribution < 1.29 is 9.47 Å². The third-order valence-electron chi connectivity index (χ3n) is 5.48. The van der Waals surface area contributed by atoms with Crippen LogP contribution in [0, 0.1) is 12.8 Å². The summed E-state index contributed by atoms with van der Waals surface area (Å²) in [5.74, 6) is 1.29. The zero-order valence-electron chi connectivity index (χ0n) is 19.6.